The number of nitrogens with zero attached hydrogens (tertiary/aromatic N) is 3. The molecule has 2 heterocycles. The maximum absolute atomic E-state index is 13.2. The van der Waals surface area contributed by atoms with Gasteiger partial charge in [-0.25, -0.2) is 18.7 Å². The van der Waals surface area contributed by atoms with Crippen LogP contribution in [0.15, 0.2) is 54.9 Å². The van der Waals surface area contributed by atoms with Crippen LogP contribution in [0.4, 0.5) is 20.4 Å². The SMILES string of the molecule is O=C(Nc1ccc(F)c(F)c1)c1ccnc(NCc2ccccn2)n1. The molecular formula is C17H13F2N5O. The van der Waals surface area contributed by atoms with Crippen LogP contribution >= 0.6 is 0 Å². The summed E-state index contributed by atoms with van der Waals surface area (Å²) in [6.45, 7) is 0.398. The van der Waals surface area contributed by atoms with Gasteiger partial charge in [-0.05, 0) is 30.3 Å². The third kappa shape index (κ3) is 4.31. The zero-order valence-corrected chi connectivity index (χ0v) is 12.9. The van der Waals surface area contributed by atoms with Crippen LogP contribution in [0.5, 0.6) is 0 Å². The lowest BCUT2D eigenvalue weighted by Gasteiger charge is -2.07. The van der Waals surface area contributed by atoms with E-state index in [0.29, 0.717) is 6.54 Å². The van der Waals surface area contributed by atoms with Gasteiger partial charge in [0.15, 0.2) is 11.6 Å². The van der Waals surface area contributed by atoms with E-state index in [1.165, 1.54) is 18.3 Å². The number of aromatic nitrogens is 3. The highest BCUT2D eigenvalue weighted by molar-refractivity contribution is 6.02. The Morgan fingerprint density at radius 3 is 2.64 bits per heavy atom. The Kier molecular flexibility index (Phi) is 4.89. The average Bonchev–Trinajstić information content (AvgIpc) is 2.64. The van der Waals surface area contributed by atoms with Crippen molar-refractivity contribution in [3.05, 3.63) is 77.9 Å². The Balaban J connectivity index is 1.67. The third-order valence-corrected chi connectivity index (χ3v) is 3.22. The van der Waals surface area contributed by atoms with Crippen molar-refractivity contribution < 1.29 is 13.6 Å². The molecule has 2 aromatic heterocycles. The van der Waals surface area contributed by atoms with E-state index < -0.39 is 17.5 Å². The summed E-state index contributed by atoms with van der Waals surface area (Å²) < 4.78 is 26.1. The highest BCUT2D eigenvalue weighted by Crippen LogP contribution is 2.14. The van der Waals surface area contributed by atoms with Crippen molar-refractivity contribution in [1.82, 2.24) is 15.0 Å². The summed E-state index contributed by atoms with van der Waals surface area (Å²) in [6, 6.07) is 10.0. The largest absolute Gasteiger partial charge is 0.349 e. The molecule has 1 aromatic carbocycles. The number of nitrogens with one attached hydrogen (secondary N) is 2. The number of pyridine rings is 1. The molecule has 0 aliphatic rings. The van der Waals surface area contributed by atoms with Crippen LogP contribution in [0.1, 0.15) is 16.2 Å². The minimum Gasteiger partial charge on any atom is -0.349 e. The van der Waals surface area contributed by atoms with E-state index in [1.807, 2.05) is 18.2 Å². The smallest absolute Gasteiger partial charge is 0.274 e. The van der Waals surface area contributed by atoms with E-state index in [0.717, 1.165) is 17.8 Å². The Hall–Kier alpha value is -3.42. The number of rotatable bonds is 5. The van der Waals surface area contributed by atoms with Gasteiger partial charge < -0.3 is 10.6 Å². The number of benzene rings is 1. The van der Waals surface area contributed by atoms with E-state index in [1.54, 1.807) is 6.20 Å². The van der Waals surface area contributed by atoms with E-state index >= 15 is 0 Å². The quantitative estimate of drug-likeness (QED) is 0.746. The van der Waals surface area contributed by atoms with Crippen molar-refractivity contribution in [2.75, 3.05) is 10.6 Å². The van der Waals surface area contributed by atoms with Crippen LogP contribution in [-0.4, -0.2) is 20.9 Å². The van der Waals surface area contributed by atoms with E-state index in [2.05, 4.69) is 25.6 Å². The summed E-state index contributed by atoms with van der Waals surface area (Å²) in [5, 5.41) is 5.41. The maximum Gasteiger partial charge on any atom is 0.274 e. The molecule has 3 aromatic rings. The molecule has 0 bridgehead atoms. The second kappa shape index (κ2) is 7.43. The van der Waals surface area contributed by atoms with Crippen LogP contribution in [0, 0.1) is 11.6 Å². The first-order valence-corrected chi connectivity index (χ1v) is 7.35. The lowest BCUT2D eigenvalue weighted by atomic mass is 10.3. The molecular weight excluding hydrogens is 328 g/mol. The number of halogens is 2. The topological polar surface area (TPSA) is 79.8 Å². The molecule has 2 N–H and O–H groups in total. The minimum absolute atomic E-state index is 0.0863. The van der Waals surface area contributed by atoms with Gasteiger partial charge >= 0.3 is 0 Å². The summed E-state index contributed by atoms with van der Waals surface area (Å²) in [6.07, 6.45) is 3.09. The molecule has 0 saturated heterocycles. The fourth-order valence-electron chi connectivity index (χ4n) is 2.01. The third-order valence-electron chi connectivity index (χ3n) is 3.22. The highest BCUT2D eigenvalue weighted by atomic mass is 19.2. The van der Waals surface area contributed by atoms with Crippen LogP contribution < -0.4 is 10.6 Å². The van der Waals surface area contributed by atoms with Gasteiger partial charge in [-0.1, -0.05) is 6.07 Å². The lowest BCUT2D eigenvalue weighted by Crippen LogP contribution is -2.15. The van der Waals surface area contributed by atoms with E-state index in [9.17, 15) is 13.6 Å². The molecule has 126 valence electrons. The zero-order chi connectivity index (χ0) is 17.6. The zero-order valence-electron chi connectivity index (χ0n) is 12.9. The monoisotopic (exact) mass is 341 g/mol. The maximum atomic E-state index is 13.2. The summed E-state index contributed by atoms with van der Waals surface area (Å²) >= 11 is 0. The van der Waals surface area contributed by atoms with Crippen molar-refractivity contribution >= 4 is 17.5 Å². The lowest BCUT2D eigenvalue weighted by molar-refractivity contribution is 0.102. The van der Waals surface area contributed by atoms with Crippen molar-refractivity contribution in [3.8, 4) is 0 Å². The fourth-order valence-corrected chi connectivity index (χ4v) is 2.01. The first-order chi connectivity index (χ1) is 12.1. The molecule has 25 heavy (non-hydrogen) atoms. The molecule has 0 aliphatic heterocycles. The Morgan fingerprint density at radius 2 is 1.88 bits per heavy atom. The standard InChI is InChI=1S/C17H13F2N5O/c18-13-5-4-11(9-14(13)19)23-16(25)15-6-8-21-17(24-15)22-10-12-3-1-2-7-20-12/h1-9H,10H2,(H,23,25)(H,21,22,24). The predicted molar refractivity (Wildman–Crippen MR) is 87.9 cm³/mol. The molecule has 0 unspecified atom stereocenters. The Bertz CT molecular complexity index is 889. The average molecular weight is 341 g/mol. The van der Waals surface area contributed by atoms with Crippen molar-refractivity contribution in [2.24, 2.45) is 0 Å². The summed E-state index contributed by atoms with van der Waals surface area (Å²) in [5.41, 5.74) is 1.01. The molecule has 0 aliphatic carbocycles. The fraction of sp³-hybridized carbons (Fsp3) is 0.0588. The number of amides is 1. The van der Waals surface area contributed by atoms with Crippen LogP contribution in [0.2, 0.25) is 0 Å². The van der Waals surface area contributed by atoms with Gasteiger partial charge in [0.25, 0.3) is 5.91 Å². The van der Waals surface area contributed by atoms with Gasteiger partial charge in [-0.2, -0.15) is 0 Å². The normalized spacial score (nSPS) is 10.3. The predicted octanol–water partition coefficient (Wildman–Crippen LogP) is 3.01. The van der Waals surface area contributed by atoms with Gasteiger partial charge in [0.2, 0.25) is 5.95 Å². The Labute approximate surface area is 142 Å². The van der Waals surface area contributed by atoms with Gasteiger partial charge in [0, 0.05) is 24.1 Å². The molecule has 0 radical (unpaired) electrons. The number of hydrogen-bond acceptors (Lipinski definition) is 5. The number of hydrogen-bond donors (Lipinski definition) is 2. The molecule has 6 nitrogen and oxygen atoms in total. The number of carbonyl (C=O) groups is 1. The van der Waals surface area contributed by atoms with Gasteiger partial charge in [-0.15, -0.1) is 0 Å². The summed E-state index contributed by atoms with van der Waals surface area (Å²) in [5.74, 6) is -2.34. The van der Waals surface area contributed by atoms with Gasteiger partial charge in [0.05, 0.1) is 12.2 Å². The number of carbonyl (C=O) groups excluding carboxylic acids is 1. The van der Waals surface area contributed by atoms with E-state index in [4.69, 9.17) is 0 Å². The summed E-state index contributed by atoms with van der Waals surface area (Å²) in [4.78, 5) is 24.5. The van der Waals surface area contributed by atoms with E-state index in [-0.39, 0.29) is 17.3 Å². The molecule has 0 saturated carbocycles. The molecule has 0 atom stereocenters. The second-order valence-electron chi connectivity index (χ2n) is 5.02. The van der Waals surface area contributed by atoms with Gasteiger partial charge in [0.1, 0.15) is 5.69 Å². The van der Waals surface area contributed by atoms with Crippen molar-refractivity contribution in [2.45, 2.75) is 6.54 Å². The molecule has 0 spiro atoms. The molecule has 0 fully saturated rings. The van der Waals surface area contributed by atoms with Crippen LogP contribution in [0.3, 0.4) is 0 Å². The van der Waals surface area contributed by atoms with Crippen LogP contribution in [-0.2, 0) is 6.54 Å². The minimum atomic E-state index is -1.04. The highest BCUT2D eigenvalue weighted by Gasteiger charge is 2.11. The molecule has 8 heteroatoms. The summed E-state index contributed by atoms with van der Waals surface area (Å²) in [7, 11) is 0. The molecule has 3 rings (SSSR count). The van der Waals surface area contributed by atoms with Crippen molar-refractivity contribution in [1.29, 1.82) is 0 Å². The Morgan fingerprint density at radius 1 is 1.00 bits per heavy atom. The second-order valence-corrected chi connectivity index (χ2v) is 5.02. The first kappa shape index (κ1) is 16.4. The van der Waals surface area contributed by atoms with Crippen LogP contribution in [0.25, 0.3) is 0 Å². The molecule has 1 amide bonds. The van der Waals surface area contributed by atoms with Crippen molar-refractivity contribution in [3.63, 3.8) is 0 Å². The number of anilines is 2. The van der Waals surface area contributed by atoms with Gasteiger partial charge in [-0.3, -0.25) is 9.78 Å². The first-order valence-electron chi connectivity index (χ1n) is 7.35.